The van der Waals surface area contributed by atoms with Crippen LogP contribution in [0.15, 0.2) is 48.5 Å². The predicted octanol–water partition coefficient (Wildman–Crippen LogP) is 3.85. The summed E-state index contributed by atoms with van der Waals surface area (Å²) in [5.41, 5.74) is 2.92. The maximum atomic E-state index is 13.6. The van der Waals surface area contributed by atoms with Crippen molar-refractivity contribution in [2.24, 2.45) is 0 Å². The molecule has 4 rings (SSSR count). The first-order chi connectivity index (χ1) is 18.8. The van der Waals surface area contributed by atoms with Crippen LogP contribution < -0.4 is 4.90 Å². The van der Waals surface area contributed by atoms with Crippen LogP contribution >= 0.6 is 11.6 Å². The minimum Gasteiger partial charge on any atom is -0.375 e. The molecule has 0 bridgehead atoms. The number of ether oxygens (including phenoxy) is 1. The van der Waals surface area contributed by atoms with E-state index < -0.39 is 0 Å². The van der Waals surface area contributed by atoms with Crippen molar-refractivity contribution < 1.29 is 14.3 Å². The van der Waals surface area contributed by atoms with Crippen molar-refractivity contribution in [2.75, 3.05) is 44.8 Å². The Kier molecular flexibility index (Phi) is 10.1. The average molecular weight is 553 g/mol. The number of anilines is 1. The van der Waals surface area contributed by atoms with Gasteiger partial charge in [0.1, 0.15) is 24.8 Å². The predicted molar refractivity (Wildman–Crippen MR) is 152 cm³/mol. The summed E-state index contributed by atoms with van der Waals surface area (Å²) in [5, 5.41) is 5.10. The van der Waals surface area contributed by atoms with Crippen molar-refractivity contribution in [3.05, 3.63) is 76.3 Å². The maximum absolute atomic E-state index is 13.6. The lowest BCUT2D eigenvalue weighted by Crippen LogP contribution is -2.40. The Balaban J connectivity index is 1.61. The molecule has 0 N–H and O–H groups in total. The zero-order chi connectivity index (χ0) is 27.8. The molecule has 2 aromatic carbocycles. The number of para-hydroxylation sites is 1. The van der Waals surface area contributed by atoms with Crippen molar-refractivity contribution in [2.45, 2.75) is 46.3 Å². The van der Waals surface area contributed by atoms with E-state index in [4.69, 9.17) is 16.3 Å². The molecule has 1 aromatic heterocycles. The number of amides is 2. The molecule has 0 fully saturated rings. The van der Waals surface area contributed by atoms with Crippen LogP contribution in [-0.4, -0.2) is 76.3 Å². The van der Waals surface area contributed by atoms with Gasteiger partial charge in [0.05, 0.1) is 0 Å². The molecule has 39 heavy (non-hydrogen) atoms. The lowest BCUT2D eigenvalue weighted by Gasteiger charge is -2.31. The van der Waals surface area contributed by atoms with Crippen LogP contribution in [0.1, 0.15) is 35.6 Å². The van der Waals surface area contributed by atoms with Crippen LogP contribution in [0.5, 0.6) is 0 Å². The highest BCUT2D eigenvalue weighted by molar-refractivity contribution is 6.30. The van der Waals surface area contributed by atoms with Crippen LogP contribution in [0, 0.1) is 13.8 Å². The van der Waals surface area contributed by atoms with Crippen LogP contribution in [0.25, 0.3) is 0 Å². The van der Waals surface area contributed by atoms with E-state index in [1.807, 2.05) is 67.3 Å². The number of benzene rings is 2. The summed E-state index contributed by atoms with van der Waals surface area (Å²) in [7, 11) is 1.53. The van der Waals surface area contributed by atoms with Gasteiger partial charge in [-0.3, -0.25) is 14.5 Å². The van der Waals surface area contributed by atoms with Gasteiger partial charge in [0.15, 0.2) is 0 Å². The Morgan fingerprint density at radius 3 is 2.36 bits per heavy atom. The minimum atomic E-state index is -0.0992. The Hall–Kier alpha value is -3.27. The Morgan fingerprint density at radius 2 is 1.67 bits per heavy atom. The summed E-state index contributed by atoms with van der Waals surface area (Å²) < 4.78 is 6.85. The van der Waals surface area contributed by atoms with Gasteiger partial charge in [0.25, 0.3) is 5.91 Å². The molecule has 0 saturated heterocycles. The molecule has 1 aliphatic rings. The maximum Gasteiger partial charge on any atom is 0.252 e. The monoisotopic (exact) mass is 552 g/mol. The molecule has 0 saturated carbocycles. The molecule has 0 aliphatic carbocycles. The number of carbonyl (C=O) groups is 2. The van der Waals surface area contributed by atoms with Gasteiger partial charge in [0.2, 0.25) is 5.91 Å². The number of fused-ring (bicyclic) bond motifs is 1. The molecular weight excluding hydrogens is 516 g/mol. The summed E-state index contributed by atoms with van der Waals surface area (Å²) in [6.07, 6.45) is 1.63. The van der Waals surface area contributed by atoms with Crippen LogP contribution in [0.4, 0.5) is 5.69 Å². The van der Waals surface area contributed by atoms with E-state index in [-0.39, 0.29) is 25.0 Å². The smallest absolute Gasteiger partial charge is 0.252 e. The number of carbonyl (C=O) groups excluding carboxylic acids is 2. The molecule has 0 unspecified atom stereocenters. The molecule has 2 heterocycles. The van der Waals surface area contributed by atoms with E-state index in [0.29, 0.717) is 36.3 Å². The lowest BCUT2D eigenvalue weighted by molar-refractivity contribution is -0.132. The van der Waals surface area contributed by atoms with Gasteiger partial charge in [0, 0.05) is 57.1 Å². The van der Waals surface area contributed by atoms with Crippen LogP contribution in [0.2, 0.25) is 5.02 Å². The highest BCUT2D eigenvalue weighted by Gasteiger charge is 2.23. The summed E-state index contributed by atoms with van der Waals surface area (Å²) in [4.78, 5) is 37.1. The second kappa shape index (κ2) is 13.7. The number of halogens is 1. The number of rotatable bonds is 6. The summed E-state index contributed by atoms with van der Waals surface area (Å²) in [6.45, 7) is 7.74. The topological polar surface area (TPSA) is 83.8 Å². The van der Waals surface area contributed by atoms with Gasteiger partial charge >= 0.3 is 0 Å². The van der Waals surface area contributed by atoms with Crippen molar-refractivity contribution in [1.29, 1.82) is 0 Å². The summed E-state index contributed by atoms with van der Waals surface area (Å²) in [6, 6.07) is 15.7. The number of aromatic nitrogens is 3. The molecule has 0 radical (unpaired) electrons. The Labute approximate surface area is 235 Å². The van der Waals surface area contributed by atoms with Gasteiger partial charge in [-0.2, -0.15) is 5.10 Å². The fraction of sp³-hybridized carbons (Fsp3) is 0.448. The SMILES string of the molecule is COCC(=O)N1CCCN(Cc2ccc(Cl)cc2)CCCN(C(=O)Cn2nc(C)nc2C)Cc2ccccc21. The molecule has 3 aromatic rings. The first-order valence-corrected chi connectivity index (χ1v) is 13.7. The summed E-state index contributed by atoms with van der Waals surface area (Å²) in [5.74, 6) is 1.22. The molecule has 1 aliphatic heterocycles. The van der Waals surface area contributed by atoms with Gasteiger partial charge in [-0.05, 0) is 56.0 Å². The van der Waals surface area contributed by atoms with E-state index in [1.54, 1.807) is 9.58 Å². The average Bonchev–Trinajstić information content (AvgIpc) is 3.22. The van der Waals surface area contributed by atoms with Crippen LogP contribution in [-0.2, 0) is 34.0 Å². The Bertz CT molecular complexity index is 1260. The lowest BCUT2D eigenvalue weighted by atomic mass is 10.1. The van der Waals surface area contributed by atoms with E-state index in [2.05, 4.69) is 15.0 Å². The molecule has 9 nitrogen and oxygen atoms in total. The fourth-order valence-electron chi connectivity index (χ4n) is 4.98. The van der Waals surface area contributed by atoms with Gasteiger partial charge in [-0.15, -0.1) is 0 Å². The highest BCUT2D eigenvalue weighted by atomic mass is 35.5. The normalized spacial score (nSPS) is 15.4. The number of methoxy groups -OCH3 is 1. The van der Waals surface area contributed by atoms with E-state index in [0.717, 1.165) is 43.7 Å². The number of hydrogen-bond acceptors (Lipinski definition) is 6. The summed E-state index contributed by atoms with van der Waals surface area (Å²) >= 11 is 6.09. The largest absolute Gasteiger partial charge is 0.375 e. The second-order valence-electron chi connectivity index (χ2n) is 9.90. The quantitative estimate of drug-likeness (QED) is 0.462. The standard InChI is InChI=1S/C29H37ClN6O3/c1-22-31-23(2)36(32-22)20-28(37)34-16-6-14-33(18-24-10-12-26(30)13-11-24)15-7-17-35(29(38)21-39-3)27-9-5-4-8-25(27)19-34/h4-5,8-13H,6-7,14-21H2,1-3H3. The minimum absolute atomic E-state index is 0.00358. The van der Waals surface area contributed by atoms with E-state index in [1.165, 1.54) is 12.7 Å². The third kappa shape index (κ3) is 7.88. The van der Waals surface area contributed by atoms with E-state index in [9.17, 15) is 9.59 Å². The highest BCUT2D eigenvalue weighted by Crippen LogP contribution is 2.24. The van der Waals surface area contributed by atoms with Crippen molar-refractivity contribution in [1.82, 2.24) is 24.6 Å². The van der Waals surface area contributed by atoms with Crippen LogP contribution in [0.3, 0.4) is 0 Å². The van der Waals surface area contributed by atoms with Gasteiger partial charge in [-0.1, -0.05) is 41.9 Å². The van der Waals surface area contributed by atoms with Crippen molar-refractivity contribution in [3.63, 3.8) is 0 Å². The molecule has 0 atom stereocenters. The first kappa shape index (κ1) is 28.7. The second-order valence-corrected chi connectivity index (χ2v) is 10.3. The Morgan fingerprint density at radius 1 is 0.949 bits per heavy atom. The van der Waals surface area contributed by atoms with Gasteiger partial charge in [-0.25, -0.2) is 9.67 Å². The molecule has 2 amide bonds. The zero-order valence-corrected chi connectivity index (χ0v) is 23.7. The fourth-order valence-corrected chi connectivity index (χ4v) is 5.11. The zero-order valence-electron chi connectivity index (χ0n) is 23.0. The third-order valence-corrected chi connectivity index (χ3v) is 7.14. The number of aryl methyl sites for hydroxylation is 2. The molecular formula is C29H37ClN6O3. The van der Waals surface area contributed by atoms with Gasteiger partial charge < -0.3 is 14.5 Å². The molecule has 10 heteroatoms. The molecule has 0 spiro atoms. The number of nitrogens with zero attached hydrogens (tertiary/aromatic N) is 6. The van der Waals surface area contributed by atoms with Crippen molar-refractivity contribution in [3.8, 4) is 0 Å². The third-order valence-electron chi connectivity index (χ3n) is 6.89. The van der Waals surface area contributed by atoms with E-state index >= 15 is 0 Å². The molecule has 208 valence electrons. The first-order valence-electron chi connectivity index (χ1n) is 13.3. The number of hydrogen-bond donors (Lipinski definition) is 0. The van der Waals surface area contributed by atoms with Crippen molar-refractivity contribution >= 4 is 29.1 Å².